The molecule has 0 aliphatic rings. The van der Waals surface area contributed by atoms with Crippen LogP contribution in [0.15, 0.2) is 30.6 Å². The smallest absolute Gasteiger partial charge is 0.216 e. The van der Waals surface area contributed by atoms with E-state index in [1.807, 2.05) is 0 Å². The van der Waals surface area contributed by atoms with E-state index in [-0.39, 0.29) is 16.3 Å². The molecule has 2 aromatic rings. The Bertz CT molecular complexity index is 566. The molecule has 1 aromatic carbocycles. The van der Waals surface area contributed by atoms with Crippen LogP contribution in [-0.4, -0.2) is 22.2 Å². The van der Waals surface area contributed by atoms with Crippen molar-refractivity contribution < 1.29 is 14.2 Å². The molecule has 0 aliphatic carbocycles. The third-order valence-corrected chi connectivity index (χ3v) is 2.75. The molecule has 0 spiro atoms. The van der Waals surface area contributed by atoms with E-state index in [9.17, 15) is 9.50 Å². The lowest BCUT2D eigenvalue weighted by Gasteiger charge is -2.12. The van der Waals surface area contributed by atoms with Crippen LogP contribution in [0, 0.1) is 5.82 Å². The Morgan fingerprint density at radius 3 is 2.83 bits per heavy atom. The monoisotopic (exact) mass is 268 g/mol. The summed E-state index contributed by atoms with van der Waals surface area (Å²) in [5.74, 6) is -0.166. The van der Waals surface area contributed by atoms with Gasteiger partial charge in [0.15, 0.2) is 0 Å². The van der Waals surface area contributed by atoms with Crippen molar-refractivity contribution in [1.82, 2.24) is 9.97 Å². The second-order valence-corrected chi connectivity index (χ2v) is 3.96. The fraction of sp³-hybridized carbons (Fsp3) is 0.167. The Hall–Kier alpha value is -1.72. The lowest BCUT2D eigenvalue weighted by Crippen LogP contribution is -2.04. The first-order valence-electron chi connectivity index (χ1n) is 5.10. The molecule has 4 nitrogen and oxygen atoms in total. The minimum absolute atomic E-state index is 0.248. The highest BCUT2D eigenvalue weighted by Gasteiger charge is 2.17. The van der Waals surface area contributed by atoms with Crippen LogP contribution in [0.2, 0.25) is 5.02 Å². The highest BCUT2D eigenvalue weighted by atomic mass is 35.5. The van der Waals surface area contributed by atoms with Gasteiger partial charge >= 0.3 is 0 Å². The van der Waals surface area contributed by atoms with Crippen LogP contribution in [-0.2, 0) is 0 Å². The number of aromatic nitrogens is 2. The predicted octanol–water partition coefficient (Wildman–Crippen LogP) is 2.36. The molecule has 1 N–H and O–H groups in total. The third-order valence-electron chi connectivity index (χ3n) is 2.41. The summed E-state index contributed by atoms with van der Waals surface area (Å²) in [6.07, 6.45) is 0.120. The SMILES string of the molecule is COc1cc(C(O)c2cc(F)ccc2Cl)ncn1. The van der Waals surface area contributed by atoms with Gasteiger partial charge in [-0.1, -0.05) is 11.6 Å². The number of hydrogen-bond donors (Lipinski definition) is 1. The van der Waals surface area contributed by atoms with E-state index in [1.165, 1.54) is 37.7 Å². The number of halogens is 2. The number of benzene rings is 1. The van der Waals surface area contributed by atoms with Crippen LogP contribution in [0.3, 0.4) is 0 Å². The first kappa shape index (κ1) is 12.7. The van der Waals surface area contributed by atoms with E-state index in [2.05, 4.69) is 9.97 Å². The normalized spacial score (nSPS) is 12.2. The highest BCUT2D eigenvalue weighted by Crippen LogP contribution is 2.28. The average molecular weight is 269 g/mol. The zero-order chi connectivity index (χ0) is 13.1. The number of aliphatic hydroxyl groups is 1. The lowest BCUT2D eigenvalue weighted by molar-refractivity contribution is 0.214. The Morgan fingerprint density at radius 1 is 1.33 bits per heavy atom. The van der Waals surface area contributed by atoms with Gasteiger partial charge in [0, 0.05) is 16.7 Å². The summed E-state index contributed by atoms with van der Waals surface area (Å²) in [4.78, 5) is 7.73. The van der Waals surface area contributed by atoms with Crippen LogP contribution in [0.1, 0.15) is 17.4 Å². The number of aliphatic hydroxyl groups excluding tert-OH is 1. The van der Waals surface area contributed by atoms with Crippen LogP contribution in [0.4, 0.5) is 4.39 Å². The third kappa shape index (κ3) is 2.57. The van der Waals surface area contributed by atoms with E-state index < -0.39 is 11.9 Å². The molecule has 2 rings (SSSR count). The molecular formula is C12H10ClFN2O2. The van der Waals surface area contributed by atoms with Crippen LogP contribution in [0.5, 0.6) is 5.88 Å². The summed E-state index contributed by atoms with van der Waals surface area (Å²) >= 11 is 5.91. The Kier molecular flexibility index (Phi) is 3.74. The Labute approximate surface area is 108 Å². The molecule has 18 heavy (non-hydrogen) atoms. The molecule has 0 aliphatic heterocycles. The van der Waals surface area contributed by atoms with Gasteiger partial charge in [-0.15, -0.1) is 0 Å². The predicted molar refractivity (Wildman–Crippen MR) is 64.1 cm³/mol. The van der Waals surface area contributed by atoms with Gasteiger partial charge in [0.25, 0.3) is 0 Å². The van der Waals surface area contributed by atoms with E-state index in [4.69, 9.17) is 16.3 Å². The second-order valence-electron chi connectivity index (χ2n) is 3.55. The number of ether oxygens (including phenoxy) is 1. The zero-order valence-electron chi connectivity index (χ0n) is 9.47. The minimum atomic E-state index is -1.13. The lowest BCUT2D eigenvalue weighted by atomic mass is 10.1. The van der Waals surface area contributed by atoms with E-state index in [0.717, 1.165) is 0 Å². The fourth-order valence-corrected chi connectivity index (χ4v) is 1.72. The Balaban J connectivity index is 2.40. The summed E-state index contributed by atoms with van der Waals surface area (Å²) in [5.41, 5.74) is 0.534. The van der Waals surface area contributed by atoms with Gasteiger partial charge < -0.3 is 9.84 Å². The quantitative estimate of drug-likeness (QED) is 0.928. The minimum Gasteiger partial charge on any atom is -0.481 e. The van der Waals surface area contributed by atoms with Crippen LogP contribution >= 0.6 is 11.6 Å². The van der Waals surface area contributed by atoms with Gasteiger partial charge in [-0.2, -0.15) is 0 Å². The van der Waals surface area contributed by atoms with Crippen molar-refractivity contribution in [3.8, 4) is 5.88 Å². The molecular weight excluding hydrogens is 259 g/mol. The van der Waals surface area contributed by atoms with Crippen LogP contribution < -0.4 is 4.74 Å². The molecule has 0 amide bonds. The van der Waals surface area contributed by atoms with Crippen molar-refractivity contribution in [2.24, 2.45) is 0 Å². The molecule has 6 heteroatoms. The maximum absolute atomic E-state index is 13.1. The molecule has 0 saturated heterocycles. The molecule has 1 aromatic heterocycles. The maximum atomic E-state index is 13.1. The summed E-state index contributed by atoms with van der Waals surface area (Å²) < 4.78 is 18.1. The summed E-state index contributed by atoms with van der Waals surface area (Å²) in [6.45, 7) is 0. The highest BCUT2D eigenvalue weighted by molar-refractivity contribution is 6.31. The van der Waals surface area contributed by atoms with Crippen LogP contribution in [0.25, 0.3) is 0 Å². The van der Waals surface area contributed by atoms with Crippen molar-refractivity contribution in [3.05, 3.63) is 52.7 Å². The second kappa shape index (κ2) is 5.29. The number of rotatable bonds is 3. The molecule has 0 saturated carbocycles. The molecule has 1 heterocycles. The van der Waals surface area contributed by atoms with Crippen molar-refractivity contribution in [1.29, 1.82) is 0 Å². The molecule has 1 unspecified atom stereocenters. The first-order chi connectivity index (χ1) is 8.61. The van der Waals surface area contributed by atoms with Gasteiger partial charge in [-0.25, -0.2) is 14.4 Å². The van der Waals surface area contributed by atoms with E-state index in [1.54, 1.807) is 0 Å². The van der Waals surface area contributed by atoms with E-state index >= 15 is 0 Å². The standard InChI is InChI=1S/C12H10ClFN2O2/c1-18-11-5-10(15-6-16-11)12(17)8-4-7(14)2-3-9(8)13/h2-6,12,17H,1H3. The van der Waals surface area contributed by atoms with Crippen molar-refractivity contribution in [3.63, 3.8) is 0 Å². The number of hydrogen-bond acceptors (Lipinski definition) is 4. The summed E-state index contributed by atoms with van der Waals surface area (Å²) in [6, 6.07) is 5.24. The van der Waals surface area contributed by atoms with Gasteiger partial charge in [0.05, 0.1) is 12.8 Å². The topological polar surface area (TPSA) is 55.2 Å². The van der Waals surface area contributed by atoms with Crippen molar-refractivity contribution >= 4 is 11.6 Å². The fourth-order valence-electron chi connectivity index (χ4n) is 1.50. The van der Waals surface area contributed by atoms with Gasteiger partial charge in [0.2, 0.25) is 5.88 Å². The van der Waals surface area contributed by atoms with Gasteiger partial charge in [-0.05, 0) is 18.2 Å². The van der Waals surface area contributed by atoms with Crippen molar-refractivity contribution in [2.45, 2.75) is 6.10 Å². The molecule has 94 valence electrons. The maximum Gasteiger partial charge on any atom is 0.216 e. The summed E-state index contributed by atoms with van der Waals surface area (Å²) in [7, 11) is 1.45. The largest absolute Gasteiger partial charge is 0.481 e. The molecule has 0 fully saturated rings. The average Bonchev–Trinajstić information content (AvgIpc) is 2.41. The Morgan fingerprint density at radius 2 is 2.11 bits per heavy atom. The summed E-state index contributed by atoms with van der Waals surface area (Å²) in [5, 5.41) is 10.4. The molecule has 0 radical (unpaired) electrons. The number of nitrogens with zero attached hydrogens (tertiary/aromatic N) is 2. The van der Waals surface area contributed by atoms with E-state index in [0.29, 0.717) is 5.88 Å². The number of methoxy groups -OCH3 is 1. The first-order valence-corrected chi connectivity index (χ1v) is 5.48. The van der Waals surface area contributed by atoms with Crippen molar-refractivity contribution in [2.75, 3.05) is 7.11 Å². The molecule has 1 atom stereocenters. The van der Waals surface area contributed by atoms with Gasteiger partial charge in [0.1, 0.15) is 18.2 Å². The molecule has 0 bridgehead atoms. The van der Waals surface area contributed by atoms with Gasteiger partial charge in [-0.3, -0.25) is 0 Å². The zero-order valence-corrected chi connectivity index (χ0v) is 10.2.